The fraction of sp³-hybridized carbons (Fsp3) is 0.200. The van der Waals surface area contributed by atoms with Gasteiger partial charge >= 0.3 is 0 Å². The van der Waals surface area contributed by atoms with E-state index >= 15 is 0 Å². The molecule has 0 aromatic heterocycles. The number of hydrogen-bond acceptors (Lipinski definition) is 3. The zero-order valence-corrected chi connectivity index (χ0v) is 17.0. The number of aryl methyl sites for hydroxylation is 1. The molecule has 0 unspecified atom stereocenters. The molecule has 1 saturated heterocycles. The van der Waals surface area contributed by atoms with Crippen LogP contribution < -0.4 is 10.6 Å². The molecule has 0 spiro atoms. The molecular formula is C25H25N3O2. The lowest BCUT2D eigenvalue weighted by Crippen LogP contribution is -2.48. The summed E-state index contributed by atoms with van der Waals surface area (Å²) in [7, 11) is 0. The molecular weight excluding hydrogens is 374 g/mol. The first kappa shape index (κ1) is 19.7. The Morgan fingerprint density at radius 3 is 2.17 bits per heavy atom. The molecule has 1 aliphatic rings. The Morgan fingerprint density at radius 2 is 1.47 bits per heavy atom. The van der Waals surface area contributed by atoms with Crippen LogP contribution in [0.25, 0.3) is 11.1 Å². The smallest absolute Gasteiger partial charge is 0.253 e. The summed E-state index contributed by atoms with van der Waals surface area (Å²) in [6.07, 6.45) is 0. The van der Waals surface area contributed by atoms with Crippen molar-refractivity contribution in [1.82, 2.24) is 4.90 Å². The van der Waals surface area contributed by atoms with Crippen LogP contribution in [0.3, 0.4) is 0 Å². The van der Waals surface area contributed by atoms with Crippen LogP contribution in [0.2, 0.25) is 0 Å². The second kappa shape index (κ2) is 8.41. The Hall–Kier alpha value is -3.60. The highest BCUT2D eigenvalue weighted by molar-refractivity contribution is 6.01. The van der Waals surface area contributed by atoms with Gasteiger partial charge in [0.05, 0.1) is 0 Å². The van der Waals surface area contributed by atoms with Gasteiger partial charge in [-0.2, -0.15) is 0 Å². The highest BCUT2D eigenvalue weighted by Crippen LogP contribution is 2.28. The average Bonchev–Trinajstić information content (AvgIpc) is 2.79. The van der Waals surface area contributed by atoms with Gasteiger partial charge < -0.3 is 15.5 Å². The van der Waals surface area contributed by atoms with E-state index in [4.69, 9.17) is 5.73 Å². The standard InChI is InChI=1S/C25H25N3O2/c1-18-11-12-19(17-23(18)21-9-5-6-10-22(21)24(26)29)25(30)28-15-13-27(14-16-28)20-7-3-2-4-8-20/h2-12,17H,13-16H2,1H3,(H2,26,29). The number of piperazine rings is 1. The molecule has 0 bridgehead atoms. The molecule has 4 rings (SSSR count). The number of primary amides is 1. The molecule has 1 fully saturated rings. The predicted octanol–water partition coefficient (Wildman–Crippen LogP) is 3.72. The summed E-state index contributed by atoms with van der Waals surface area (Å²) < 4.78 is 0. The molecule has 0 saturated carbocycles. The van der Waals surface area contributed by atoms with Gasteiger partial charge in [0.1, 0.15) is 0 Å². The summed E-state index contributed by atoms with van der Waals surface area (Å²) in [6.45, 7) is 4.93. The van der Waals surface area contributed by atoms with Crippen LogP contribution in [0.15, 0.2) is 72.8 Å². The van der Waals surface area contributed by atoms with Gasteiger partial charge in [0.15, 0.2) is 0 Å². The molecule has 30 heavy (non-hydrogen) atoms. The molecule has 0 atom stereocenters. The zero-order chi connectivity index (χ0) is 21.1. The lowest BCUT2D eigenvalue weighted by Gasteiger charge is -2.36. The molecule has 1 heterocycles. The third-order valence-corrected chi connectivity index (χ3v) is 5.66. The van der Waals surface area contributed by atoms with Gasteiger partial charge in [-0.3, -0.25) is 9.59 Å². The molecule has 5 heteroatoms. The number of carbonyl (C=O) groups excluding carboxylic acids is 2. The average molecular weight is 399 g/mol. The predicted molar refractivity (Wildman–Crippen MR) is 120 cm³/mol. The first-order chi connectivity index (χ1) is 14.5. The van der Waals surface area contributed by atoms with E-state index in [1.54, 1.807) is 12.1 Å². The fourth-order valence-corrected chi connectivity index (χ4v) is 3.97. The minimum atomic E-state index is -0.473. The first-order valence-corrected chi connectivity index (χ1v) is 10.1. The highest BCUT2D eigenvalue weighted by Gasteiger charge is 2.23. The first-order valence-electron chi connectivity index (χ1n) is 10.1. The summed E-state index contributed by atoms with van der Waals surface area (Å²) in [5.74, 6) is -0.459. The molecule has 5 nitrogen and oxygen atoms in total. The second-order valence-electron chi connectivity index (χ2n) is 7.55. The second-order valence-corrected chi connectivity index (χ2v) is 7.55. The number of anilines is 1. The molecule has 1 aliphatic heterocycles. The Kier molecular flexibility index (Phi) is 5.53. The van der Waals surface area contributed by atoms with Gasteiger partial charge in [0.25, 0.3) is 5.91 Å². The number of carbonyl (C=O) groups is 2. The van der Waals surface area contributed by atoms with Crippen molar-refractivity contribution in [3.63, 3.8) is 0 Å². The Balaban J connectivity index is 1.55. The van der Waals surface area contributed by atoms with Crippen molar-refractivity contribution in [2.45, 2.75) is 6.92 Å². The van der Waals surface area contributed by atoms with Gasteiger partial charge in [-0.15, -0.1) is 0 Å². The van der Waals surface area contributed by atoms with E-state index in [9.17, 15) is 9.59 Å². The Morgan fingerprint density at radius 1 is 0.800 bits per heavy atom. The van der Waals surface area contributed by atoms with E-state index in [1.165, 1.54) is 5.69 Å². The number of hydrogen-bond donors (Lipinski definition) is 1. The van der Waals surface area contributed by atoms with Crippen LogP contribution in [0.4, 0.5) is 5.69 Å². The summed E-state index contributed by atoms with van der Waals surface area (Å²) in [5.41, 5.74) is 10.4. The van der Waals surface area contributed by atoms with Crippen molar-refractivity contribution in [3.8, 4) is 11.1 Å². The van der Waals surface area contributed by atoms with E-state index in [-0.39, 0.29) is 5.91 Å². The summed E-state index contributed by atoms with van der Waals surface area (Å²) in [6, 6.07) is 23.2. The van der Waals surface area contributed by atoms with Gasteiger partial charge in [0.2, 0.25) is 5.91 Å². The quantitative estimate of drug-likeness (QED) is 0.727. The zero-order valence-electron chi connectivity index (χ0n) is 17.0. The monoisotopic (exact) mass is 399 g/mol. The van der Waals surface area contributed by atoms with E-state index in [0.29, 0.717) is 24.2 Å². The van der Waals surface area contributed by atoms with Crippen molar-refractivity contribution in [1.29, 1.82) is 0 Å². The van der Waals surface area contributed by atoms with E-state index < -0.39 is 5.91 Å². The third kappa shape index (κ3) is 3.92. The molecule has 152 valence electrons. The maximum Gasteiger partial charge on any atom is 0.253 e. The van der Waals surface area contributed by atoms with Crippen molar-refractivity contribution in [3.05, 3.63) is 89.5 Å². The van der Waals surface area contributed by atoms with Crippen molar-refractivity contribution >= 4 is 17.5 Å². The van der Waals surface area contributed by atoms with E-state index in [1.807, 2.05) is 60.4 Å². The number of benzene rings is 3. The van der Waals surface area contributed by atoms with Crippen molar-refractivity contribution < 1.29 is 9.59 Å². The van der Waals surface area contributed by atoms with Gasteiger partial charge in [-0.05, 0) is 53.9 Å². The van der Waals surface area contributed by atoms with Crippen LogP contribution in [-0.2, 0) is 0 Å². The lowest BCUT2D eigenvalue weighted by atomic mass is 9.93. The SMILES string of the molecule is Cc1ccc(C(=O)N2CCN(c3ccccc3)CC2)cc1-c1ccccc1C(N)=O. The van der Waals surface area contributed by atoms with E-state index in [0.717, 1.165) is 29.8 Å². The van der Waals surface area contributed by atoms with Crippen molar-refractivity contribution in [2.24, 2.45) is 5.73 Å². The molecule has 3 aromatic carbocycles. The number of para-hydroxylation sites is 1. The van der Waals surface area contributed by atoms with Crippen LogP contribution in [-0.4, -0.2) is 42.9 Å². The maximum absolute atomic E-state index is 13.2. The van der Waals surface area contributed by atoms with Crippen LogP contribution in [0.5, 0.6) is 0 Å². The Bertz CT molecular complexity index is 1070. The Labute approximate surface area is 176 Å². The number of rotatable bonds is 4. The number of nitrogens with zero attached hydrogens (tertiary/aromatic N) is 2. The highest BCUT2D eigenvalue weighted by atomic mass is 16.2. The summed E-state index contributed by atoms with van der Waals surface area (Å²) >= 11 is 0. The van der Waals surface area contributed by atoms with Crippen LogP contribution >= 0.6 is 0 Å². The largest absolute Gasteiger partial charge is 0.368 e. The van der Waals surface area contributed by atoms with Gasteiger partial charge in [0, 0.05) is 43.0 Å². The maximum atomic E-state index is 13.2. The summed E-state index contributed by atoms with van der Waals surface area (Å²) in [5, 5.41) is 0. The van der Waals surface area contributed by atoms with Crippen molar-refractivity contribution in [2.75, 3.05) is 31.1 Å². The summed E-state index contributed by atoms with van der Waals surface area (Å²) in [4.78, 5) is 29.2. The van der Waals surface area contributed by atoms with Crippen LogP contribution in [0.1, 0.15) is 26.3 Å². The minimum absolute atomic E-state index is 0.0144. The number of nitrogens with two attached hydrogens (primary N) is 1. The molecule has 0 aliphatic carbocycles. The number of amides is 2. The molecule has 0 radical (unpaired) electrons. The fourth-order valence-electron chi connectivity index (χ4n) is 3.97. The molecule has 2 amide bonds. The van der Waals surface area contributed by atoms with Crippen LogP contribution in [0, 0.1) is 6.92 Å². The van der Waals surface area contributed by atoms with E-state index in [2.05, 4.69) is 17.0 Å². The minimum Gasteiger partial charge on any atom is -0.368 e. The van der Waals surface area contributed by atoms with Gasteiger partial charge in [-0.25, -0.2) is 0 Å². The third-order valence-electron chi connectivity index (χ3n) is 5.66. The lowest BCUT2D eigenvalue weighted by molar-refractivity contribution is 0.0746. The normalized spacial score (nSPS) is 13.9. The van der Waals surface area contributed by atoms with Gasteiger partial charge in [-0.1, -0.05) is 42.5 Å². The molecule has 3 aromatic rings. The topological polar surface area (TPSA) is 66.6 Å². The molecule has 2 N–H and O–H groups in total.